The molecule has 3 N–H and O–H groups in total. The Balaban J connectivity index is 2.08. The Morgan fingerprint density at radius 2 is 1.97 bits per heavy atom. The number of carbonyl (C=O) groups excluding carboxylic acids is 1. The zero-order valence-corrected chi connectivity index (χ0v) is 18.4. The van der Waals surface area contributed by atoms with Gasteiger partial charge in [0.15, 0.2) is 0 Å². The molecule has 0 aliphatic rings. The maximum Gasteiger partial charge on any atom is 0.251 e. The molecular weight excluding hydrogens is 419 g/mol. The normalized spacial score (nSPS) is 11.5. The molecule has 0 bridgehead atoms. The fourth-order valence-electron chi connectivity index (χ4n) is 3.23. The number of aromatic amines is 1. The Morgan fingerprint density at radius 1 is 1.23 bits per heavy atom. The lowest BCUT2D eigenvalue weighted by molar-refractivity contribution is -0.125. The van der Waals surface area contributed by atoms with Crippen molar-refractivity contribution in [2.75, 3.05) is 0 Å². The molecule has 0 saturated carbocycles. The second kappa shape index (κ2) is 8.98. The molecule has 0 fully saturated rings. The summed E-state index contributed by atoms with van der Waals surface area (Å²) in [5.41, 5.74) is 6.09. The van der Waals surface area contributed by atoms with Crippen molar-refractivity contribution in [3.8, 4) is 22.8 Å². The van der Waals surface area contributed by atoms with Crippen LogP contribution in [0.5, 0.6) is 0 Å². The number of nitrogens with zero attached hydrogens (tertiary/aromatic N) is 2. The number of hydrogen-bond acceptors (Lipinski definition) is 4. The van der Waals surface area contributed by atoms with Crippen molar-refractivity contribution in [2.45, 2.75) is 40.0 Å². The molecule has 3 rings (SSSR count). The number of rotatable bonds is 7. The van der Waals surface area contributed by atoms with E-state index >= 15 is 4.39 Å². The highest BCUT2D eigenvalue weighted by molar-refractivity contribution is 6.33. The summed E-state index contributed by atoms with van der Waals surface area (Å²) in [5.74, 6) is -1.22. The Kier molecular flexibility index (Phi) is 6.55. The number of nitrogens with one attached hydrogen (secondary N) is 1. The van der Waals surface area contributed by atoms with E-state index in [-0.39, 0.29) is 28.4 Å². The molecule has 162 valence electrons. The maximum absolute atomic E-state index is 15.4. The first kappa shape index (κ1) is 22.6. The van der Waals surface area contributed by atoms with Crippen molar-refractivity contribution < 1.29 is 9.18 Å². The van der Waals surface area contributed by atoms with Crippen LogP contribution in [0.25, 0.3) is 22.8 Å². The van der Waals surface area contributed by atoms with E-state index in [0.29, 0.717) is 11.4 Å². The van der Waals surface area contributed by atoms with Crippen LogP contribution in [0.4, 0.5) is 4.39 Å². The summed E-state index contributed by atoms with van der Waals surface area (Å²) in [6.45, 7) is 5.35. The van der Waals surface area contributed by atoms with Gasteiger partial charge >= 0.3 is 0 Å². The van der Waals surface area contributed by atoms with E-state index in [4.69, 9.17) is 17.3 Å². The molecule has 3 aromatic rings. The third-order valence-corrected chi connectivity index (χ3v) is 5.39. The van der Waals surface area contributed by atoms with Gasteiger partial charge in [-0.3, -0.25) is 14.6 Å². The predicted molar refractivity (Wildman–Crippen MR) is 119 cm³/mol. The summed E-state index contributed by atoms with van der Waals surface area (Å²) < 4.78 is 15.4. The minimum atomic E-state index is -0.960. The van der Waals surface area contributed by atoms with Crippen molar-refractivity contribution in [3.05, 3.63) is 68.8 Å². The molecule has 0 aliphatic carbocycles. The molecule has 0 atom stereocenters. The predicted octanol–water partition coefficient (Wildman–Crippen LogP) is 4.30. The number of H-pyrrole nitrogens is 1. The Hall–Kier alpha value is -3.06. The van der Waals surface area contributed by atoms with Gasteiger partial charge < -0.3 is 10.7 Å². The quantitative estimate of drug-likeness (QED) is 0.569. The molecule has 0 saturated heterocycles. The number of benzene rings is 1. The second-order valence-electron chi connectivity index (χ2n) is 8.10. The molecule has 0 unspecified atom stereocenters. The lowest BCUT2D eigenvalue weighted by Crippen LogP contribution is -2.33. The van der Waals surface area contributed by atoms with E-state index in [0.717, 1.165) is 18.4 Å². The van der Waals surface area contributed by atoms with Gasteiger partial charge in [0.2, 0.25) is 5.91 Å². The van der Waals surface area contributed by atoms with Crippen molar-refractivity contribution in [1.82, 2.24) is 15.0 Å². The number of aromatic nitrogens is 3. The lowest BCUT2D eigenvalue weighted by atomic mass is 9.84. The molecule has 1 amide bonds. The Labute approximate surface area is 184 Å². The molecule has 0 spiro atoms. The number of amides is 1. The summed E-state index contributed by atoms with van der Waals surface area (Å²) in [6, 6.07) is 8.02. The maximum atomic E-state index is 15.4. The summed E-state index contributed by atoms with van der Waals surface area (Å²) in [4.78, 5) is 35.3. The van der Waals surface area contributed by atoms with Crippen LogP contribution < -0.4 is 11.3 Å². The van der Waals surface area contributed by atoms with Crippen molar-refractivity contribution in [2.24, 2.45) is 11.1 Å². The first-order valence-corrected chi connectivity index (χ1v) is 10.3. The molecule has 2 aromatic heterocycles. The number of aryl methyl sites for hydroxylation is 1. The molecule has 6 nitrogen and oxygen atoms in total. The summed E-state index contributed by atoms with van der Waals surface area (Å²) >= 11 is 6.27. The SMILES string of the molecule is CCCc1ccc(-c2cc(=O)[nH]c(-c3c(Cl)ccc(CC(C)(C)C(N)=O)c3F)n2)nc1. The Bertz CT molecular complexity index is 1170. The van der Waals surface area contributed by atoms with Gasteiger partial charge in [0, 0.05) is 17.7 Å². The smallest absolute Gasteiger partial charge is 0.251 e. The van der Waals surface area contributed by atoms with Gasteiger partial charge in [-0.25, -0.2) is 9.37 Å². The minimum Gasteiger partial charge on any atom is -0.369 e. The fourth-order valence-corrected chi connectivity index (χ4v) is 3.47. The second-order valence-corrected chi connectivity index (χ2v) is 8.51. The van der Waals surface area contributed by atoms with Gasteiger partial charge in [0.25, 0.3) is 5.56 Å². The van der Waals surface area contributed by atoms with Crippen molar-refractivity contribution in [3.63, 3.8) is 0 Å². The van der Waals surface area contributed by atoms with Crippen LogP contribution in [-0.4, -0.2) is 20.9 Å². The van der Waals surface area contributed by atoms with Gasteiger partial charge in [-0.2, -0.15) is 0 Å². The third-order valence-electron chi connectivity index (χ3n) is 5.07. The number of carbonyl (C=O) groups is 1. The number of hydrogen-bond donors (Lipinski definition) is 2. The van der Waals surface area contributed by atoms with Gasteiger partial charge in [-0.1, -0.05) is 50.9 Å². The van der Waals surface area contributed by atoms with Gasteiger partial charge in [-0.05, 0) is 36.1 Å². The van der Waals surface area contributed by atoms with E-state index in [9.17, 15) is 9.59 Å². The van der Waals surface area contributed by atoms with Crippen molar-refractivity contribution >= 4 is 17.5 Å². The Morgan fingerprint density at radius 3 is 2.58 bits per heavy atom. The van der Waals surface area contributed by atoms with Crippen LogP contribution in [0.15, 0.2) is 41.3 Å². The lowest BCUT2D eigenvalue weighted by Gasteiger charge is -2.21. The first-order valence-electron chi connectivity index (χ1n) is 9.96. The number of halogens is 2. The molecule has 0 aliphatic heterocycles. The number of primary amides is 1. The third kappa shape index (κ3) is 4.99. The minimum absolute atomic E-state index is 0.0110. The van der Waals surface area contributed by atoms with E-state index in [1.807, 2.05) is 6.07 Å². The molecule has 2 heterocycles. The highest BCUT2D eigenvalue weighted by atomic mass is 35.5. The topological polar surface area (TPSA) is 102 Å². The van der Waals surface area contributed by atoms with Gasteiger partial charge in [0.05, 0.1) is 22.0 Å². The van der Waals surface area contributed by atoms with Crippen LogP contribution in [0.2, 0.25) is 5.02 Å². The highest BCUT2D eigenvalue weighted by Gasteiger charge is 2.28. The van der Waals surface area contributed by atoms with Crippen LogP contribution in [0, 0.1) is 11.2 Å². The average Bonchev–Trinajstić information content (AvgIpc) is 2.70. The largest absolute Gasteiger partial charge is 0.369 e. The van der Waals surface area contributed by atoms with E-state index < -0.39 is 22.7 Å². The van der Waals surface area contributed by atoms with Crippen LogP contribution in [0.1, 0.15) is 38.3 Å². The number of pyridine rings is 1. The number of nitrogens with two attached hydrogens (primary N) is 1. The molecule has 0 radical (unpaired) electrons. The van der Waals surface area contributed by atoms with E-state index in [1.54, 1.807) is 26.1 Å². The van der Waals surface area contributed by atoms with Crippen LogP contribution in [0.3, 0.4) is 0 Å². The van der Waals surface area contributed by atoms with Crippen LogP contribution in [-0.2, 0) is 17.6 Å². The summed E-state index contributed by atoms with van der Waals surface area (Å²) in [6.07, 6.45) is 3.70. The van der Waals surface area contributed by atoms with Gasteiger partial charge in [-0.15, -0.1) is 0 Å². The van der Waals surface area contributed by atoms with E-state index in [2.05, 4.69) is 21.9 Å². The molecule has 31 heavy (non-hydrogen) atoms. The van der Waals surface area contributed by atoms with Gasteiger partial charge in [0.1, 0.15) is 11.6 Å². The zero-order chi connectivity index (χ0) is 22.8. The highest BCUT2D eigenvalue weighted by Crippen LogP contribution is 2.33. The average molecular weight is 443 g/mol. The van der Waals surface area contributed by atoms with E-state index in [1.165, 1.54) is 18.2 Å². The standard InChI is InChI=1S/C23H24ClFN4O2/c1-4-5-13-6-9-16(27-12-13)17-10-18(30)29-21(28-17)19-15(24)8-7-14(20(19)25)11-23(2,3)22(26)31/h6-10,12H,4-5,11H2,1-3H3,(H2,26,31)(H,28,29,30). The molecule has 8 heteroatoms. The molecular formula is C23H24ClFN4O2. The molecule has 1 aromatic carbocycles. The zero-order valence-electron chi connectivity index (χ0n) is 17.6. The monoisotopic (exact) mass is 442 g/mol. The fraction of sp³-hybridized carbons (Fsp3) is 0.304. The first-order chi connectivity index (χ1) is 14.6. The van der Waals surface area contributed by atoms with Crippen molar-refractivity contribution in [1.29, 1.82) is 0 Å². The van der Waals surface area contributed by atoms with Crippen LogP contribution >= 0.6 is 11.6 Å². The summed E-state index contributed by atoms with van der Waals surface area (Å²) in [7, 11) is 0. The summed E-state index contributed by atoms with van der Waals surface area (Å²) in [5, 5.41) is 0.0877.